The molecule has 4 heterocycles. The van der Waals surface area contributed by atoms with Crippen LogP contribution in [0.1, 0.15) is 0 Å². The second kappa shape index (κ2) is 6.85. The number of morpholine rings is 1. The third kappa shape index (κ3) is 3.63. The number of rotatable bonds is 4. The predicted octanol–water partition coefficient (Wildman–Crippen LogP) is 3.03. The lowest BCUT2D eigenvalue weighted by Crippen LogP contribution is -2.37. The number of fused-ring (bicyclic) bond motifs is 1. The molecule has 9 nitrogen and oxygen atoms in total. The van der Waals surface area contributed by atoms with Crippen LogP contribution in [0.15, 0.2) is 41.1 Å². The normalized spacial score (nSPS) is 17.4. The van der Waals surface area contributed by atoms with Gasteiger partial charge >= 0.3 is 6.29 Å². The second-order valence-electron chi connectivity index (χ2n) is 6.37. The molecule has 1 N–H and O–H groups in total. The summed E-state index contributed by atoms with van der Waals surface area (Å²) in [5, 5.41) is 6.99. The van der Waals surface area contributed by atoms with Crippen molar-refractivity contribution in [2.75, 3.05) is 36.5 Å². The molecule has 0 atom stereocenters. The second-order valence-corrected chi connectivity index (χ2v) is 6.37. The van der Waals surface area contributed by atoms with Crippen LogP contribution in [0.3, 0.4) is 0 Å². The summed E-state index contributed by atoms with van der Waals surface area (Å²) in [6, 6.07) is 7.74. The summed E-state index contributed by atoms with van der Waals surface area (Å²) in [5.41, 5.74) is 0.982. The van der Waals surface area contributed by atoms with E-state index in [1.54, 1.807) is 24.4 Å². The molecule has 0 bridgehead atoms. The molecule has 0 radical (unpaired) electrons. The smallest absolute Gasteiger partial charge is 0.395 e. The van der Waals surface area contributed by atoms with E-state index in [0.29, 0.717) is 42.1 Å². The van der Waals surface area contributed by atoms with Gasteiger partial charge in [0.1, 0.15) is 11.5 Å². The topological polar surface area (TPSA) is 94.8 Å². The minimum Gasteiger partial charge on any atom is -0.395 e. The van der Waals surface area contributed by atoms with Gasteiger partial charge < -0.3 is 29.0 Å². The molecule has 1 aromatic carbocycles. The molecule has 0 aliphatic carbocycles. The summed E-state index contributed by atoms with van der Waals surface area (Å²) in [6.07, 6.45) is -2.02. The number of ether oxygens (including phenoxy) is 3. The number of hydrogen-bond donors (Lipinski definition) is 1. The molecule has 2 aromatic heterocycles. The molecule has 0 unspecified atom stereocenters. The maximum atomic E-state index is 13.2. The third-order valence-corrected chi connectivity index (χ3v) is 4.40. The Morgan fingerprint density at radius 3 is 2.72 bits per heavy atom. The minimum atomic E-state index is -3.66. The first-order valence-electron chi connectivity index (χ1n) is 8.85. The van der Waals surface area contributed by atoms with Gasteiger partial charge in [0.05, 0.1) is 13.2 Å². The van der Waals surface area contributed by atoms with Gasteiger partial charge in [-0.05, 0) is 24.3 Å². The SMILES string of the molecule is FC1(F)Oc2ccc(-c3cc(Nc4ccnc(N5CCOCC5)n4)on3)cc2O1. The zero-order valence-corrected chi connectivity index (χ0v) is 15.0. The molecule has 3 aromatic rings. The quantitative estimate of drug-likeness (QED) is 0.705. The van der Waals surface area contributed by atoms with Crippen molar-refractivity contribution in [2.45, 2.75) is 6.29 Å². The lowest BCUT2D eigenvalue weighted by atomic mass is 10.1. The Morgan fingerprint density at radius 2 is 1.86 bits per heavy atom. The van der Waals surface area contributed by atoms with Crippen molar-refractivity contribution in [1.29, 1.82) is 0 Å². The van der Waals surface area contributed by atoms with E-state index in [4.69, 9.17) is 9.26 Å². The zero-order chi connectivity index (χ0) is 19.8. The van der Waals surface area contributed by atoms with Crippen LogP contribution in [0.2, 0.25) is 0 Å². The molecule has 2 aliphatic heterocycles. The molecule has 150 valence electrons. The zero-order valence-electron chi connectivity index (χ0n) is 15.0. The number of aromatic nitrogens is 3. The van der Waals surface area contributed by atoms with Crippen molar-refractivity contribution < 1.29 is 27.5 Å². The molecule has 0 saturated carbocycles. The Kier molecular flexibility index (Phi) is 4.16. The van der Waals surface area contributed by atoms with Crippen LogP contribution in [-0.4, -0.2) is 47.7 Å². The number of anilines is 3. The number of hydrogen-bond acceptors (Lipinski definition) is 9. The van der Waals surface area contributed by atoms with Crippen LogP contribution in [0.25, 0.3) is 11.3 Å². The molecule has 1 fully saturated rings. The molecule has 2 aliphatic rings. The van der Waals surface area contributed by atoms with Gasteiger partial charge in [0, 0.05) is 30.9 Å². The Labute approximate surface area is 163 Å². The van der Waals surface area contributed by atoms with Crippen LogP contribution >= 0.6 is 0 Å². The highest BCUT2D eigenvalue weighted by Crippen LogP contribution is 2.43. The lowest BCUT2D eigenvalue weighted by Gasteiger charge is -2.26. The third-order valence-electron chi connectivity index (χ3n) is 4.40. The van der Waals surface area contributed by atoms with E-state index in [1.807, 2.05) is 4.90 Å². The maximum Gasteiger partial charge on any atom is 0.586 e. The standard InChI is InChI=1S/C18H15F2N5O4/c19-18(20)27-13-2-1-11(9-14(13)28-18)12-10-16(29-24-12)22-15-3-4-21-17(23-15)25-5-7-26-8-6-25/h1-4,9-10H,5-8H2,(H,21,22,23). The first-order chi connectivity index (χ1) is 14.1. The minimum absolute atomic E-state index is 0.0304. The van der Waals surface area contributed by atoms with E-state index < -0.39 is 6.29 Å². The highest BCUT2D eigenvalue weighted by atomic mass is 19.3. The van der Waals surface area contributed by atoms with Crippen molar-refractivity contribution in [3.8, 4) is 22.8 Å². The average molecular weight is 403 g/mol. The highest BCUT2D eigenvalue weighted by Gasteiger charge is 2.43. The number of benzene rings is 1. The van der Waals surface area contributed by atoms with E-state index >= 15 is 0 Å². The Hall–Kier alpha value is -3.47. The van der Waals surface area contributed by atoms with Gasteiger partial charge in [0.15, 0.2) is 11.5 Å². The average Bonchev–Trinajstić information content (AvgIpc) is 3.30. The molecule has 29 heavy (non-hydrogen) atoms. The molecule has 0 spiro atoms. The molecule has 0 amide bonds. The van der Waals surface area contributed by atoms with Gasteiger partial charge in [-0.15, -0.1) is 8.78 Å². The Bertz CT molecular complexity index is 1040. The van der Waals surface area contributed by atoms with Gasteiger partial charge in [-0.1, -0.05) is 5.16 Å². The van der Waals surface area contributed by atoms with Crippen LogP contribution in [-0.2, 0) is 4.74 Å². The fourth-order valence-corrected chi connectivity index (χ4v) is 3.04. The van der Waals surface area contributed by atoms with Crippen LogP contribution in [0, 0.1) is 0 Å². The number of nitrogens with one attached hydrogen (secondary N) is 1. The first-order valence-corrected chi connectivity index (χ1v) is 8.85. The molecule has 11 heteroatoms. The number of halogens is 2. The van der Waals surface area contributed by atoms with Crippen LogP contribution < -0.4 is 19.7 Å². The highest BCUT2D eigenvalue weighted by molar-refractivity contribution is 5.67. The number of alkyl halides is 2. The summed E-state index contributed by atoms with van der Waals surface area (Å²) >= 11 is 0. The monoisotopic (exact) mass is 403 g/mol. The summed E-state index contributed by atoms with van der Waals surface area (Å²) in [6.45, 7) is 2.71. The Balaban J connectivity index is 1.33. The van der Waals surface area contributed by atoms with Crippen molar-refractivity contribution in [1.82, 2.24) is 15.1 Å². The van der Waals surface area contributed by atoms with Crippen molar-refractivity contribution >= 4 is 17.7 Å². The van der Waals surface area contributed by atoms with Gasteiger partial charge in [-0.3, -0.25) is 0 Å². The number of nitrogens with zero attached hydrogens (tertiary/aromatic N) is 4. The fraction of sp³-hybridized carbons (Fsp3) is 0.278. The van der Waals surface area contributed by atoms with Crippen molar-refractivity contribution in [3.63, 3.8) is 0 Å². The van der Waals surface area contributed by atoms with E-state index in [0.717, 1.165) is 13.1 Å². The van der Waals surface area contributed by atoms with Crippen molar-refractivity contribution in [3.05, 3.63) is 36.5 Å². The van der Waals surface area contributed by atoms with Gasteiger partial charge in [-0.25, -0.2) is 4.98 Å². The predicted molar refractivity (Wildman–Crippen MR) is 96.5 cm³/mol. The molecular weight excluding hydrogens is 388 g/mol. The van der Waals surface area contributed by atoms with Gasteiger partial charge in [0.2, 0.25) is 11.8 Å². The first kappa shape index (κ1) is 17.6. The summed E-state index contributed by atoms with van der Waals surface area (Å²) in [7, 11) is 0. The van der Waals surface area contributed by atoms with Gasteiger partial charge in [-0.2, -0.15) is 4.98 Å². The van der Waals surface area contributed by atoms with Crippen molar-refractivity contribution in [2.24, 2.45) is 0 Å². The van der Waals surface area contributed by atoms with Crippen LogP contribution in [0.4, 0.5) is 26.4 Å². The Morgan fingerprint density at radius 1 is 1.03 bits per heavy atom. The molecular formula is C18H15F2N5O4. The maximum absolute atomic E-state index is 13.2. The van der Waals surface area contributed by atoms with Crippen LogP contribution in [0.5, 0.6) is 11.5 Å². The van der Waals surface area contributed by atoms with E-state index in [9.17, 15) is 8.78 Å². The van der Waals surface area contributed by atoms with E-state index in [-0.39, 0.29) is 11.5 Å². The largest absolute Gasteiger partial charge is 0.586 e. The van der Waals surface area contributed by atoms with E-state index in [2.05, 4.69) is 29.9 Å². The summed E-state index contributed by atoms with van der Waals surface area (Å²) < 4.78 is 45.8. The molecule has 5 rings (SSSR count). The fourth-order valence-electron chi connectivity index (χ4n) is 3.04. The molecule has 1 saturated heterocycles. The van der Waals surface area contributed by atoms with Gasteiger partial charge in [0.25, 0.3) is 0 Å². The summed E-state index contributed by atoms with van der Waals surface area (Å²) in [5.74, 6) is 1.38. The lowest BCUT2D eigenvalue weighted by molar-refractivity contribution is -0.286. The van der Waals surface area contributed by atoms with E-state index in [1.165, 1.54) is 12.1 Å². The summed E-state index contributed by atoms with van der Waals surface area (Å²) in [4.78, 5) is 10.8.